The van der Waals surface area contributed by atoms with Crippen molar-refractivity contribution in [2.24, 2.45) is 0 Å². The van der Waals surface area contributed by atoms with E-state index in [2.05, 4.69) is 5.32 Å². The van der Waals surface area contributed by atoms with Crippen molar-refractivity contribution in [1.82, 2.24) is 4.31 Å². The minimum absolute atomic E-state index is 0.245. The van der Waals surface area contributed by atoms with E-state index < -0.39 is 16.1 Å². The first-order valence-electron chi connectivity index (χ1n) is 9.13. The molecule has 1 amide bonds. The van der Waals surface area contributed by atoms with E-state index in [1.807, 2.05) is 25.1 Å². The van der Waals surface area contributed by atoms with Crippen LogP contribution in [0.3, 0.4) is 0 Å². The zero-order valence-electron chi connectivity index (χ0n) is 15.3. The number of hydrogen-bond donors (Lipinski definition) is 1. The maximum atomic E-state index is 12.5. The van der Waals surface area contributed by atoms with Gasteiger partial charge in [-0.15, -0.1) is 0 Å². The number of rotatable bonds is 7. The van der Waals surface area contributed by atoms with E-state index in [1.165, 1.54) is 16.4 Å². The molecule has 144 valence electrons. The molecule has 0 saturated carbocycles. The molecule has 1 fully saturated rings. The number of carbonyl (C=O) groups excluding carboxylic acids is 1. The van der Waals surface area contributed by atoms with Gasteiger partial charge in [0.15, 0.2) is 6.10 Å². The third-order valence-corrected chi connectivity index (χ3v) is 6.42. The van der Waals surface area contributed by atoms with Crippen LogP contribution in [0, 0.1) is 0 Å². The molecule has 0 aromatic heterocycles. The largest absolute Gasteiger partial charge is 0.481 e. The number of carbonyl (C=O) groups is 1. The molecule has 0 spiro atoms. The SMILES string of the molecule is CC[C@H](Oc1ccccc1)C(=O)Nc1ccc(S(=O)(=O)N2CCCC2)cc1. The molecule has 0 aliphatic carbocycles. The first-order chi connectivity index (χ1) is 13.0. The Morgan fingerprint density at radius 3 is 2.30 bits per heavy atom. The summed E-state index contributed by atoms with van der Waals surface area (Å²) in [6, 6.07) is 15.4. The van der Waals surface area contributed by atoms with E-state index in [1.54, 1.807) is 24.3 Å². The second-order valence-corrected chi connectivity index (χ2v) is 8.39. The number of amides is 1. The Hall–Kier alpha value is -2.38. The molecular weight excluding hydrogens is 364 g/mol. The number of ether oxygens (including phenoxy) is 1. The van der Waals surface area contributed by atoms with E-state index in [9.17, 15) is 13.2 Å². The maximum Gasteiger partial charge on any atom is 0.265 e. The highest BCUT2D eigenvalue weighted by Gasteiger charge is 2.27. The summed E-state index contributed by atoms with van der Waals surface area (Å²) in [5.41, 5.74) is 0.537. The van der Waals surface area contributed by atoms with Gasteiger partial charge in [-0.25, -0.2) is 8.42 Å². The highest BCUT2D eigenvalue weighted by atomic mass is 32.2. The summed E-state index contributed by atoms with van der Waals surface area (Å²) in [5.74, 6) is 0.364. The third kappa shape index (κ3) is 4.67. The van der Waals surface area contributed by atoms with Crippen molar-refractivity contribution in [3.05, 3.63) is 54.6 Å². The molecule has 2 aromatic rings. The molecule has 1 heterocycles. The lowest BCUT2D eigenvalue weighted by molar-refractivity contribution is -0.122. The van der Waals surface area contributed by atoms with Crippen LogP contribution in [0.5, 0.6) is 5.75 Å². The average Bonchev–Trinajstić information content (AvgIpc) is 3.23. The first-order valence-corrected chi connectivity index (χ1v) is 10.6. The van der Waals surface area contributed by atoms with Gasteiger partial charge in [0, 0.05) is 18.8 Å². The summed E-state index contributed by atoms with van der Waals surface area (Å²) in [4.78, 5) is 12.7. The molecule has 0 radical (unpaired) electrons. The number of para-hydroxylation sites is 1. The van der Waals surface area contributed by atoms with Crippen molar-refractivity contribution in [3.63, 3.8) is 0 Å². The molecule has 3 rings (SSSR count). The van der Waals surface area contributed by atoms with Crippen molar-refractivity contribution in [3.8, 4) is 5.75 Å². The number of nitrogens with one attached hydrogen (secondary N) is 1. The first kappa shape index (κ1) is 19.4. The van der Waals surface area contributed by atoms with Gasteiger partial charge in [-0.3, -0.25) is 4.79 Å². The molecule has 1 aliphatic heterocycles. The summed E-state index contributed by atoms with van der Waals surface area (Å²) in [7, 11) is -3.45. The Balaban J connectivity index is 1.65. The zero-order valence-corrected chi connectivity index (χ0v) is 16.1. The van der Waals surface area contributed by atoms with E-state index in [0.717, 1.165) is 12.8 Å². The summed E-state index contributed by atoms with van der Waals surface area (Å²) in [6.45, 7) is 3.00. The van der Waals surface area contributed by atoms with Gasteiger partial charge in [0.25, 0.3) is 5.91 Å². The van der Waals surface area contributed by atoms with Gasteiger partial charge < -0.3 is 10.1 Å². The van der Waals surface area contributed by atoms with Crippen LogP contribution >= 0.6 is 0 Å². The third-order valence-electron chi connectivity index (χ3n) is 4.51. The molecule has 2 aromatic carbocycles. The molecule has 0 bridgehead atoms. The van der Waals surface area contributed by atoms with Crippen LogP contribution in [0.2, 0.25) is 0 Å². The van der Waals surface area contributed by atoms with Crippen molar-refractivity contribution < 1.29 is 17.9 Å². The van der Waals surface area contributed by atoms with Crippen LogP contribution < -0.4 is 10.1 Å². The number of benzene rings is 2. The van der Waals surface area contributed by atoms with Gasteiger partial charge in [-0.2, -0.15) is 4.31 Å². The Bertz CT molecular complexity index is 861. The lowest BCUT2D eigenvalue weighted by Gasteiger charge is -2.18. The predicted octanol–water partition coefficient (Wildman–Crippen LogP) is 3.27. The van der Waals surface area contributed by atoms with E-state index in [0.29, 0.717) is 30.9 Å². The molecule has 1 saturated heterocycles. The summed E-state index contributed by atoms with van der Waals surface area (Å²) in [6.07, 6.45) is 1.68. The lowest BCUT2D eigenvalue weighted by Crippen LogP contribution is -2.32. The van der Waals surface area contributed by atoms with Crippen LogP contribution in [0.4, 0.5) is 5.69 Å². The smallest absolute Gasteiger partial charge is 0.265 e. The average molecular weight is 388 g/mol. The Kier molecular flexibility index (Phi) is 6.13. The quantitative estimate of drug-likeness (QED) is 0.790. The molecule has 7 heteroatoms. The number of sulfonamides is 1. The highest BCUT2D eigenvalue weighted by Crippen LogP contribution is 2.22. The van der Waals surface area contributed by atoms with Crippen LogP contribution in [0.25, 0.3) is 0 Å². The second-order valence-electron chi connectivity index (χ2n) is 6.45. The van der Waals surface area contributed by atoms with Crippen molar-refractivity contribution >= 4 is 21.6 Å². The van der Waals surface area contributed by atoms with Crippen LogP contribution in [-0.2, 0) is 14.8 Å². The number of nitrogens with zero attached hydrogens (tertiary/aromatic N) is 1. The highest BCUT2D eigenvalue weighted by molar-refractivity contribution is 7.89. The van der Waals surface area contributed by atoms with Crippen LogP contribution in [-0.4, -0.2) is 37.8 Å². The summed E-state index contributed by atoms with van der Waals surface area (Å²) >= 11 is 0. The van der Waals surface area contributed by atoms with Crippen molar-refractivity contribution in [1.29, 1.82) is 0 Å². The van der Waals surface area contributed by atoms with Gasteiger partial charge >= 0.3 is 0 Å². The fourth-order valence-corrected chi connectivity index (χ4v) is 4.51. The van der Waals surface area contributed by atoms with Gasteiger partial charge in [0.1, 0.15) is 5.75 Å². The molecule has 1 atom stereocenters. The van der Waals surface area contributed by atoms with E-state index >= 15 is 0 Å². The molecule has 0 unspecified atom stereocenters. The standard InChI is InChI=1S/C20H24N2O4S/c1-2-19(26-17-8-4-3-5-9-17)20(23)21-16-10-12-18(13-11-16)27(24,25)22-14-6-7-15-22/h3-5,8-13,19H,2,6-7,14-15H2,1H3,(H,21,23)/t19-/m0/s1. The topological polar surface area (TPSA) is 75.7 Å². The second kappa shape index (κ2) is 8.54. The zero-order chi connectivity index (χ0) is 19.3. The molecule has 1 N–H and O–H groups in total. The number of hydrogen-bond acceptors (Lipinski definition) is 4. The number of anilines is 1. The lowest BCUT2D eigenvalue weighted by atomic mass is 10.2. The fourth-order valence-electron chi connectivity index (χ4n) is 3.00. The minimum Gasteiger partial charge on any atom is -0.481 e. The Morgan fingerprint density at radius 1 is 1.07 bits per heavy atom. The molecule has 1 aliphatic rings. The Labute approximate surface area is 160 Å². The fraction of sp³-hybridized carbons (Fsp3) is 0.350. The summed E-state index contributed by atoms with van der Waals surface area (Å²) < 4.78 is 32.3. The molecular formula is C20H24N2O4S. The molecule has 6 nitrogen and oxygen atoms in total. The molecule has 27 heavy (non-hydrogen) atoms. The van der Waals surface area contributed by atoms with Gasteiger partial charge in [0.05, 0.1) is 4.90 Å². The van der Waals surface area contributed by atoms with Gasteiger partial charge in [0.2, 0.25) is 10.0 Å². The predicted molar refractivity (Wildman–Crippen MR) is 104 cm³/mol. The van der Waals surface area contributed by atoms with E-state index in [-0.39, 0.29) is 10.8 Å². The van der Waals surface area contributed by atoms with E-state index in [4.69, 9.17) is 4.74 Å². The van der Waals surface area contributed by atoms with Crippen molar-refractivity contribution in [2.75, 3.05) is 18.4 Å². The summed E-state index contributed by atoms with van der Waals surface area (Å²) in [5, 5.41) is 2.79. The Morgan fingerprint density at radius 2 is 1.70 bits per heavy atom. The minimum atomic E-state index is -3.45. The monoisotopic (exact) mass is 388 g/mol. The van der Waals surface area contributed by atoms with Gasteiger partial charge in [-0.1, -0.05) is 25.1 Å². The van der Waals surface area contributed by atoms with Crippen LogP contribution in [0.1, 0.15) is 26.2 Å². The van der Waals surface area contributed by atoms with Crippen molar-refractivity contribution in [2.45, 2.75) is 37.2 Å². The maximum absolute atomic E-state index is 12.5. The normalized spacial score (nSPS) is 16.0. The van der Waals surface area contributed by atoms with Gasteiger partial charge in [-0.05, 0) is 55.7 Å². The van der Waals surface area contributed by atoms with Crippen LogP contribution in [0.15, 0.2) is 59.5 Å².